The second kappa shape index (κ2) is 3.94. The first-order valence-electron chi connectivity index (χ1n) is 5.46. The summed E-state index contributed by atoms with van der Waals surface area (Å²) in [6.45, 7) is 0. The Morgan fingerprint density at radius 1 is 1.18 bits per heavy atom. The summed E-state index contributed by atoms with van der Waals surface area (Å²) in [6.07, 6.45) is 9.25. The minimum atomic E-state index is -0.0107. The van der Waals surface area contributed by atoms with Crippen molar-refractivity contribution in [2.75, 3.05) is 0 Å². The number of para-hydroxylation sites is 1. The second-order valence-corrected chi connectivity index (χ2v) is 3.90. The van der Waals surface area contributed by atoms with E-state index >= 15 is 0 Å². The number of allylic oxidation sites excluding steroid dienone is 2. The molecule has 1 N–H and O–H groups in total. The van der Waals surface area contributed by atoms with E-state index in [9.17, 15) is 4.79 Å². The average Bonchev–Trinajstić information content (AvgIpc) is 2.40. The van der Waals surface area contributed by atoms with Crippen LogP contribution in [0.5, 0.6) is 0 Å². The van der Waals surface area contributed by atoms with Crippen molar-refractivity contribution < 1.29 is 4.42 Å². The first-order chi connectivity index (χ1) is 8.36. The number of benzene rings is 1. The molecule has 1 atom stereocenters. The summed E-state index contributed by atoms with van der Waals surface area (Å²) in [6, 6.07) is 7.12. The van der Waals surface area contributed by atoms with Crippen molar-refractivity contribution in [1.82, 2.24) is 5.32 Å². The fraction of sp³-hybridized carbons (Fsp3) is 0.0714. The summed E-state index contributed by atoms with van der Waals surface area (Å²) in [5.74, 6) is 0. The van der Waals surface area contributed by atoms with Gasteiger partial charge >= 0.3 is 0 Å². The maximum atomic E-state index is 11.7. The molecule has 2 aromatic rings. The largest absolute Gasteiger partial charge is 0.464 e. The first kappa shape index (κ1) is 9.90. The third-order valence-electron chi connectivity index (χ3n) is 2.84. The Morgan fingerprint density at radius 3 is 2.94 bits per heavy atom. The molecule has 0 aliphatic carbocycles. The van der Waals surface area contributed by atoms with Gasteiger partial charge < -0.3 is 9.73 Å². The minimum absolute atomic E-state index is 0.0107. The Labute approximate surface area is 98.1 Å². The smallest absolute Gasteiger partial charge is 0.192 e. The molecule has 0 fully saturated rings. The van der Waals surface area contributed by atoms with Crippen LogP contribution in [0.2, 0.25) is 0 Å². The standard InChI is InChI=1S/C14H11NO2/c16-13-7-9-17-14-10(4-3-5-11(13)14)12-6-1-2-8-15-12/h1-9,12,15H. The zero-order chi connectivity index (χ0) is 11.7. The van der Waals surface area contributed by atoms with E-state index in [1.54, 1.807) is 6.07 Å². The van der Waals surface area contributed by atoms with E-state index in [2.05, 4.69) is 5.32 Å². The van der Waals surface area contributed by atoms with Crippen LogP contribution in [0.1, 0.15) is 11.6 Å². The number of hydrogen-bond donors (Lipinski definition) is 1. The maximum absolute atomic E-state index is 11.7. The second-order valence-electron chi connectivity index (χ2n) is 3.90. The van der Waals surface area contributed by atoms with Crippen molar-refractivity contribution in [3.05, 3.63) is 70.7 Å². The highest BCUT2D eigenvalue weighted by atomic mass is 16.3. The third kappa shape index (κ3) is 1.65. The zero-order valence-corrected chi connectivity index (χ0v) is 9.09. The van der Waals surface area contributed by atoms with E-state index < -0.39 is 0 Å². The molecule has 3 rings (SSSR count). The topological polar surface area (TPSA) is 42.2 Å². The molecule has 0 saturated heterocycles. The summed E-state index contributed by atoms with van der Waals surface area (Å²) in [4.78, 5) is 11.7. The summed E-state index contributed by atoms with van der Waals surface area (Å²) >= 11 is 0. The van der Waals surface area contributed by atoms with Crippen LogP contribution in [0.25, 0.3) is 11.0 Å². The summed E-state index contributed by atoms with van der Waals surface area (Å²) in [7, 11) is 0. The SMILES string of the molecule is O=c1ccoc2c(C3C=CC=CN3)cccc12. The van der Waals surface area contributed by atoms with Gasteiger partial charge in [0.2, 0.25) is 0 Å². The van der Waals surface area contributed by atoms with Gasteiger partial charge in [0, 0.05) is 11.6 Å². The molecule has 0 saturated carbocycles. The monoisotopic (exact) mass is 225 g/mol. The van der Waals surface area contributed by atoms with Crippen molar-refractivity contribution in [2.24, 2.45) is 0 Å². The molecular formula is C14H11NO2. The van der Waals surface area contributed by atoms with Crippen LogP contribution < -0.4 is 10.7 Å². The lowest BCUT2D eigenvalue weighted by Crippen LogP contribution is -2.15. The van der Waals surface area contributed by atoms with E-state index in [4.69, 9.17) is 4.42 Å². The van der Waals surface area contributed by atoms with Crippen LogP contribution in [0.15, 0.2) is 64.2 Å². The van der Waals surface area contributed by atoms with Gasteiger partial charge in [0.05, 0.1) is 17.7 Å². The minimum Gasteiger partial charge on any atom is -0.464 e. The molecule has 3 nitrogen and oxygen atoms in total. The molecule has 1 aromatic heterocycles. The number of hydrogen-bond acceptors (Lipinski definition) is 3. The van der Waals surface area contributed by atoms with Crippen LogP contribution in [0, 0.1) is 0 Å². The van der Waals surface area contributed by atoms with Crippen LogP contribution in [-0.2, 0) is 0 Å². The molecule has 0 radical (unpaired) electrons. The quantitative estimate of drug-likeness (QED) is 0.810. The van der Waals surface area contributed by atoms with E-state index in [1.807, 2.05) is 36.6 Å². The molecule has 1 unspecified atom stereocenters. The average molecular weight is 225 g/mol. The number of nitrogens with one attached hydrogen (secondary N) is 1. The molecule has 2 heterocycles. The van der Waals surface area contributed by atoms with Crippen molar-refractivity contribution in [1.29, 1.82) is 0 Å². The zero-order valence-electron chi connectivity index (χ0n) is 9.09. The van der Waals surface area contributed by atoms with Crippen molar-refractivity contribution >= 4 is 11.0 Å². The molecule has 0 bridgehead atoms. The van der Waals surface area contributed by atoms with Gasteiger partial charge in [-0.15, -0.1) is 0 Å². The van der Waals surface area contributed by atoms with E-state index in [-0.39, 0.29) is 11.5 Å². The molecule has 3 heteroatoms. The van der Waals surface area contributed by atoms with Crippen molar-refractivity contribution in [3.63, 3.8) is 0 Å². The van der Waals surface area contributed by atoms with Crippen LogP contribution in [0.3, 0.4) is 0 Å². The maximum Gasteiger partial charge on any atom is 0.192 e. The predicted octanol–water partition coefficient (Wildman–Crippen LogP) is 2.51. The van der Waals surface area contributed by atoms with Crippen molar-refractivity contribution in [2.45, 2.75) is 6.04 Å². The van der Waals surface area contributed by atoms with Crippen LogP contribution in [-0.4, -0.2) is 0 Å². The molecule has 1 aliphatic heterocycles. The van der Waals surface area contributed by atoms with Gasteiger partial charge in [-0.2, -0.15) is 0 Å². The third-order valence-corrected chi connectivity index (χ3v) is 2.84. The lowest BCUT2D eigenvalue weighted by Gasteiger charge is -2.16. The Morgan fingerprint density at radius 2 is 2.12 bits per heavy atom. The predicted molar refractivity (Wildman–Crippen MR) is 66.6 cm³/mol. The molecule has 84 valence electrons. The lowest BCUT2D eigenvalue weighted by atomic mass is 10.0. The number of dihydropyridines is 1. The lowest BCUT2D eigenvalue weighted by molar-refractivity contribution is 0.590. The van der Waals surface area contributed by atoms with Gasteiger partial charge in [-0.3, -0.25) is 4.79 Å². The van der Waals surface area contributed by atoms with Gasteiger partial charge in [-0.1, -0.05) is 24.3 Å². The van der Waals surface area contributed by atoms with Crippen LogP contribution in [0.4, 0.5) is 0 Å². The van der Waals surface area contributed by atoms with Gasteiger partial charge in [-0.25, -0.2) is 0 Å². The highest BCUT2D eigenvalue weighted by molar-refractivity contribution is 5.80. The first-order valence-corrected chi connectivity index (χ1v) is 5.46. The van der Waals surface area contributed by atoms with Crippen LogP contribution >= 0.6 is 0 Å². The summed E-state index contributed by atoms with van der Waals surface area (Å²) in [5, 5.41) is 3.84. The molecular weight excluding hydrogens is 214 g/mol. The Hall–Kier alpha value is -2.29. The van der Waals surface area contributed by atoms with Gasteiger partial charge in [0.25, 0.3) is 0 Å². The molecule has 0 amide bonds. The van der Waals surface area contributed by atoms with E-state index in [1.165, 1.54) is 12.3 Å². The highest BCUT2D eigenvalue weighted by Crippen LogP contribution is 2.24. The Bertz CT molecular complexity index is 667. The summed E-state index contributed by atoms with van der Waals surface area (Å²) in [5.41, 5.74) is 1.61. The van der Waals surface area contributed by atoms with Gasteiger partial charge in [0.15, 0.2) is 5.43 Å². The highest BCUT2D eigenvalue weighted by Gasteiger charge is 2.13. The normalized spacial score (nSPS) is 18.2. The number of fused-ring (bicyclic) bond motifs is 1. The molecule has 1 aliphatic rings. The fourth-order valence-electron chi connectivity index (χ4n) is 2.02. The Kier molecular flexibility index (Phi) is 2.29. The van der Waals surface area contributed by atoms with E-state index in [0.717, 1.165) is 5.56 Å². The fourth-order valence-corrected chi connectivity index (χ4v) is 2.02. The van der Waals surface area contributed by atoms with Gasteiger partial charge in [0.1, 0.15) is 5.58 Å². The summed E-state index contributed by atoms with van der Waals surface area (Å²) < 4.78 is 5.48. The van der Waals surface area contributed by atoms with E-state index in [0.29, 0.717) is 11.0 Å². The van der Waals surface area contributed by atoms with Crippen molar-refractivity contribution in [3.8, 4) is 0 Å². The molecule has 17 heavy (non-hydrogen) atoms. The molecule has 0 spiro atoms. The molecule has 1 aromatic carbocycles. The Balaban J connectivity index is 2.23. The van der Waals surface area contributed by atoms with Gasteiger partial charge in [-0.05, 0) is 18.3 Å². The number of rotatable bonds is 1.